The minimum absolute atomic E-state index is 0.923. The predicted molar refractivity (Wildman–Crippen MR) is 83.5 cm³/mol. The molecule has 1 aliphatic rings. The van der Waals surface area contributed by atoms with Gasteiger partial charge < -0.3 is 9.64 Å². The van der Waals surface area contributed by atoms with Gasteiger partial charge in [-0.1, -0.05) is 30.3 Å². The second-order valence-electron chi connectivity index (χ2n) is 5.41. The van der Waals surface area contributed by atoms with Crippen LogP contribution in [0.1, 0.15) is 23.1 Å². The Bertz CT molecular complexity index is 606. The van der Waals surface area contributed by atoms with Crippen molar-refractivity contribution in [2.75, 3.05) is 18.6 Å². The summed E-state index contributed by atoms with van der Waals surface area (Å²) in [7, 11) is 1.75. The molecule has 0 aliphatic carbocycles. The van der Waals surface area contributed by atoms with Crippen LogP contribution in [0.2, 0.25) is 0 Å². The van der Waals surface area contributed by atoms with Gasteiger partial charge in [-0.25, -0.2) is 0 Å². The zero-order valence-electron chi connectivity index (χ0n) is 12.2. The SMILES string of the molecule is COc1cccc(C)c1CN1CCCc2ccccc21. The van der Waals surface area contributed by atoms with Crippen LogP contribution in [-0.4, -0.2) is 13.7 Å². The molecule has 0 N–H and O–H groups in total. The van der Waals surface area contributed by atoms with E-state index in [1.807, 2.05) is 0 Å². The number of benzene rings is 2. The molecule has 0 aromatic heterocycles. The van der Waals surface area contributed by atoms with Gasteiger partial charge in [-0.3, -0.25) is 0 Å². The van der Waals surface area contributed by atoms with Gasteiger partial charge in [-0.05, 0) is 43.0 Å². The first-order chi connectivity index (χ1) is 9.79. The van der Waals surface area contributed by atoms with Gasteiger partial charge in [0, 0.05) is 24.3 Å². The molecule has 0 unspecified atom stereocenters. The standard InChI is InChI=1S/C18H21NO/c1-14-7-5-11-18(20-2)16(14)13-19-12-6-9-15-8-3-4-10-17(15)19/h3-5,7-8,10-11H,6,9,12-13H2,1-2H3. The largest absolute Gasteiger partial charge is 0.496 e. The second kappa shape index (κ2) is 5.58. The summed E-state index contributed by atoms with van der Waals surface area (Å²) in [5.41, 5.74) is 5.44. The van der Waals surface area contributed by atoms with E-state index in [2.05, 4.69) is 54.3 Å². The third kappa shape index (κ3) is 2.38. The molecule has 2 heteroatoms. The number of para-hydroxylation sites is 1. The monoisotopic (exact) mass is 267 g/mol. The van der Waals surface area contributed by atoms with Crippen LogP contribution in [0, 0.1) is 6.92 Å². The Morgan fingerprint density at radius 1 is 1.10 bits per heavy atom. The highest BCUT2D eigenvalue weighted by molar-refractivity contribution is 5.56. The number of rotatable bonds is 3. The fourth-order valence-electron chi connectivity index (χ4n) is 3.04. The van der Waals surface area contributed by atoms with Gasteiger partial charge in [0.1, 0.15) is 5.75 Å². The Morgan fingerprint density at radius 3 is 2.80 bits per heavy atom. The smallest absolute Gasteiger partial charge is 0.124 e. The first-order valence-electron chi connectivity index (χ1n) is 7.25. The summed E-state index contributed by atoms with van der Waals surface area (Å²) in [6.45, 7) is 4.20. The Morgan fingerprint density at radius 2 is 1.95 bits per heavy atom. The summed E-state index contributed by atoms with van der Waals surface area (Å²) < 4.78 is 5.53. The third-order valence-electron chi connectivity index (χ3n) is 4.14. The van der Waals surface area contributed by atoms with Gasteiger partial charge >= 0.3 is 0 Å². The summed E-state index contributed by atoms with van der Waals surface area (Å²) in [6.07, 6.45) is 2.42. The molecule has 1 aliphatic heterocycles. The van der Waals surface area contributed by atoms with Crippen LogP contribution in [-0.2, 0) is 13.0 Å². The minimum Gasteiger partial charge on any atom is -0.496 e. The topological polar surface area (TPSA) is 12.5 Å². The van der Waals surface area contributed by atoms with Crippen molar-refractivity contribution >= 4 is 5.69 Å². The minimum atomic E-state index is 0.923. The summed E-state index contributed by atoms with van der Waals surface area (Å²) >= 11 is 0. The van der Waals surface area contributed by atoms with Gasteiger partial charge in [0.15, 0.2) is 0 Å². The average Bonchev–Trinajstić information content (AvgIpc) is 2.49. The lowest BCUT2D eigenvalue weighted by Gasteiger charge is -2.32. The molecule has 0 atom stereocenters. The molecule has 20 heavy (non-hydrogen) atoms. The van der Waals surface area contributed by atoms with E-state index in [0.717, 1.165) is 18.8 Å². The summed E-state index contributed by atoms with van der Waals surface area (Å²) in [6, 6.07) is 15.0. The molecule has 0 amide bonds. The molecular formula is C18H21NO. The summed E-state index contributed by atoms with van der Waals surface area (Å²) in [4.78, 5) is 2.48. The van der Waals surface area contributed by atoms with E-state index in [9.17, 15) is 0 Å². The van der Waals surface area contributed by atoms with Gasteiger partial charge in [0.05, 0.1) is 7.11 Å². The lowest BCUT2D eigenvalue weighted by Crippen LogP contribution is -2.29. The van der Waals surface area contributed by atoms with Crippen LogP contribution in [0.4, 0.5) is 5.69 Å². The highest BCUT2D eigenvalue weighted by atomic mass is 16.5. The lowest BCUT2D eigenvalue weighted by molar-refractivity contribution is 0.408. The molecule has 0 saturated heterocycles. The van der Waals surface area contributed by atoms with Crippen LogP contribution in [0.5, 0.6) is 5.75 Å². The van der Waals surface area contributed by atoms with E-state index in [-0.39, 0.29) is 0 Å². The number of hydrogen-bond donors (Lipinski definition) is 0. The van der Waals surface area contributed by atoms with Crippen LogP contribution in [0.25, 0.3) is 0 Å². The van der Waals surface area contributed by atoms with E-state index in [1.54, 1.807) is 7.11 Å². The summed E-state index contributed by atoms with van der Waals surface area (Å²) in [5, 5.41) is 0. The third-order valence-corrected chi connectivity index (χ3v) is 4.14. The van der Waals surface area contributed by atoms with E-state index >= 15 is 0 Å². The number of methoxy groups -OCH3 is 1. The van der Waals surface area contributed by atoms with Crippen molar-refractivity contribution in [3.8, 4) is 5.75 Å². The van der Waals surface area contributed by atoms with Crippen molar-refractivity contribution in [3.63, 3.8) is 0 Å². The Labute approximate surface area is 121 Å². The molecule has 0 bridgehead atoms. The van der Waals surface area contributed by atoms with Crippen LogP contribution in [0.3, 0.4) is 0 Å². The molecule has 3 rings (SSSR count). The van der Waals surface area contributed by atoms with Crippen LogP contribution >= 0.6 is 0 Å². The number of hydrogen-bond acceptors (Lipinski definition) is 2. The number of fused-ring (bicyclic) bond motifs is 1. The normalized spacial score (nSPS) is 14.0. The second-order valence-corrected chi connectivity index (χ2v) is 5.41. The summed E-state index contributed by atoms with van der Waals surface area (Å²) in [5.74, 6) is 0.994. The molecule has 1 heterocycles. The Kier molecular flexibility index (Phi) is 3.64. The molecule has 0 spiro atoms. The average molecular weight is 267 g/mol. The molecule has 2 aromatic rings. The highest BCUT2D eigenvalue weighted by Gasteiger charge is 2.18. The Balaban J connectivity index is 1.93. The van der Waals surface area contributed by atoms with Crippen molar-refractivity contribution in [1.29, 1.82) is 0 Å². The van der Waals surface area contributed by atoms with Gasteiger partial charge in [0.25, 0.3) is 0 Å². The van der Waals surface area contributed by atoms with Crippen molar-refractivity contribution in [2.24, 2.45) is 0 Å². The van der Waals surface area contributed by atoms with E-state index in [1.165, 1.54) is 35.2 Å². The fraction of sp³-hybridized carbons (Fsp3) is 0.333. The van der Waals surface area contributed by atoms with Gasteiger partial charge in [-0.15, -0.1) is 0 Å². The van der Waals surface area contributed by atoms with Crippen molar-refractivity contribution < 1.29 is 4.74 Å². The maximum atomic E-state index is 5.53. The molecule has 0 saturated carbocycles. The predicted octanol–water partition coefficient (Wildman–Crippen LogP) is 3.96. The maximum Gasteiger partial charge on any atom is 0.124 e. The van der Waals surface area contributed by atoms with E-state index < -0.39 is 0 Å². The first-order valence-corrected chi connectivity index (χ1v) is 7.25. The zero-order chi connectivity index (χ0) is 13.9. The van der Waals surface area contributed by atoms with Crippen LogP contribution in [0.15, 0.2) is 42.5 Å². The number of anilines is 1. The van der Waals surface area contributed by atoms with E-state index in [0.29, 0.717) is 0 Å². The molecular weight excluding hydrogens is 246 g/mol. The first kappa shape index (κ1) is 13.0. The quantitative estimate of drug-likeness (QED) is 0.834. The van der Waals surface area contributed by atoms with Crippen molar-refractivity contribution in [3.05, 3.63) is 59.2 Å². The van der Waals surface area contributed by atoms with Crippen molar-refractivity contribution in [1.82, 2.24) is 0 Å². The number of aryl methyl sites for hydroxylation is 2. The van der Waals surface area contributed by atoms with Crippen molar-refractivity contribution in [2.45, 2.75) is 26.3 Å². The molecule has 0 fully saturated rings. The Hall–Kier alpha value is -1.96. The molecule has 0 radical (unpaired) electrons. The molecule has 2 nitrogen and oxygen atoms in total. The van der Waals surface area contributed by atoms with Crippen LogP contribution < -0.4 is 9.64 Å². The highest BCUT2D eigenvalue weighted by Crippen LogP contribution is 2.31. The van der Waals surface area contributed by atoms with Gasteiger partial charge in [-0.2, -0.15) is 0 Å². The number of nitrogens with zero attached hydrogens (tertiary/aromatic N) is 1. The maximum absolute atomic E-state index is 5.53. The van der Waals surface area contributed by atoms with Gasteiger partial charge in [0.2, 0.25) is 0 Å². The fourth-order valence-corrected chi connectivity index (χ4v) is 3.04. The van der Waals surface area contributed by atoms with E-state index in [4.69, 9.17) is 4.74 Å². The zero-order valence-corrected chi connectivity index (χ0v) is 12.2. The molecule has 104 valence electrons. The lowest BCUT2D eigenvalue weighted by atomic mass is 10.00. The molecule has 2 aromatic carbocycles. The number of ether oxygens (including phenoxy) is 1.